The van der Waals surface area contributed by atoms with Crippen LogP contribution in [-0.4, -0.2) is 70.6 Å². The third-order valence-corrected chi connectivity index (χ3v) is 3.53. The number of carbonyl (C=O) groups is 2. The summed E-state index contributed by atoms with van der Waals surface area (Å²) in [6, 6.07) is 4.74. The molecular formula is C16H22N2O6. The number of rotatable bonds is 6. The van der Waals surface area contributed by atoms with Crippen LogP contribution in [0.15, 0.2) is 18.2 Å². The van der Waals surface area contributed by atoms with Gasteiger partial charge >= 0.3 is 12.1 Å². The quantitative estimate of drug-likeness (QED) is 0.609. The molecule has 8 nitrogen and oxygen atoms in total. The second kappa shape index (κ2) is 8.97. The molecule has 1 fully saturated rings. The number of esters is 1. The van der Waals surface area contributed by atoms with Crippen molar-refractivity contribution >= 4 is 12.1 Å². The predicted octanol–water partition coefficient (Wildman–Crippen LogP) is 0.902. The number of hydrogen-bond donors (Lipinski definition) is 1. The Hall–Kier alpha value is -2.48. The highest BCUT2D eigenvalue weighted by Crippen LogP contribution is 2.28. The number of ether oxygens (including phenoxy) is 4. The number of piperazine rings is 1. The van der Waals surface area contributed by atoms with Gasteiger partial charge in [-0.05, 0) is 18.2 Å². The number of hydrogen-bond acceptors (Lipinski definition) is 7. The Morgan fingerprint density at radius 3 is 2.54 bits per heavy atom. The van der Waals surface area contributed by atoms with E-state index in [0.717, 1.165) is 13.1 Å². The van der Waals surface area contributed by atoms with Crippen molar-refractivity contribution < 1.29 is 28.5 Å². The Kier molecular flexibility index (Phi) is 6.68. The lowest BCUT2D eigenvalue weighted by molar-refractivity contribution is 0.0600. The lowest BCUT2D eigenvalue weighted by Gasteiger charge is -2.26. The van der Waals surface area contributed by atoms with Crippen LogP contribution in [0.2, 0.25) is 0 Å². The second-order valence-electron chi connectivity index (χ2n) is 5.06. The van der Waals surface area contributed by atoms with Crippen molar-refractivity contribution in [1.82, 2.24) is 10.2 Å². The Morgan fingerprint density at radius 2 is 1.88 bits per heavy atom. The van der Waals surface area contributed by atoms with Gasteiger partial charge in [0.25, 0.3) is 0 Å². The van der Waals surface area contributed by atoms with Crippen LogP contribution >= 0.6 is 0 Å². The first-order valence-corrected chi connectivity index (χ1v) is 7.67. The van der Waals surface area contributed by atoms with Crippen molar-refractivity contribution in [1.29, 1.82) is 0 Å². The molecule has 1 saturated heterocycles. The lowest BCUT2D eigenvalue weighted by atomic mass is 10.2. The van der Waals surface area contributed by atoms with Crippen molar-refractivity contribution in [3.05, 3.63) is 23.8 Å². The minimum Gasteiger partial charge on any atom is -0.493 e. The highest BCUT2D eigenvalue weighted by molar-refractivity contribution is 5.90. The van der Waals surface area contributed by atoms with E-state index in [1.54, 1.807) is 17.0 Å². The van der Waals surface area contributed by atoms with Crippen LogP contribution in [0.5, 0.6) is 11.5 Å². The van der Waals surface area contributed by atoms with Gasteiger partial charge in [0.05, 0.1) is 19.8 Å². The zero-order chi connectivity index (χ0) is 17.4. The van der Waals surface area contributed by atoms with Gasteiger partial charge in [-0.2, -0.15) is 0 Å². The molecule has 1 aliphatic rings. The maximum Gasteiger partial charge on any atom is 0.409 e. The maximum absolute atomic E-state index is 11.8. The van der Waals surface area contributed by atoms with Gasteiger partial charge < -0.3 is 29.2 Å². The second-order valence-corrected chi connectivity index (χ2v) is 5.06. The van der Waals surface area contributed by atoms with Gasteiger partial charge in [-0.1, -0.05) is 0 Å². The molecular weight excluding hydrogens is 316 g/mol. The summed E-state index contributed by atoms with van der Waals surface area (Å²) in [6.45, 7) is 3.06. The highest BCUT2D eigenvalue weighted by Gasteiger charge is 2.17. The summed E-state index contributed by atoms with van der Waals surface area (Å²) in [6.07, 6.45) is -0.352. The molecule has 0 radical (unpaired) electrons. The van der Waals surface area contributed by atoms with Crippen LogP contribution in [0.25, 0.3) is 0 Å². The number of methoxy groups -OCH3 is 2. The summed E-state index contributed by atoms with van der Waals surface area (Å²) in [5, 5.41) is 3.16. The Labute approximate surface area is 140 Å². The van der Waals surface area contributed by atoms with Crippen LogP contribution in [0.3, 0.4) is 0 Å². The molecule has 1 aliphatic heterocycles. The molecule has 1 aromatic carbocycles. The maximum atomic E-state index is 11.8. The van der Waals surface area contributed by atoms with Crippen molar-refractivity contribution in [3.63, 3.8) is 0 Å². The van der Waals surface area contributed by atoms with E-state index in [9.17, 15) is 9.59 Å². The third-order valence-electron chi connectivity index (χ3n) is 3.53. The number of benzene rings is 1. The molecule has 24 heavy (non-hydrogen) atoms. The van der Waals surface area contributed by atoms with Gasteiger partial charge in [-0.3, -0.25) is 0 Å². The fraction of sp³-hybridized carbons (Fsp3) is 0.500. The number of amides is 1. The first-order chi connectivity index (χ1) is 11.7. The number of nitrogens with zero attached hydrogens (tertiary/aromatic N) is 1. The fourth-order valence-electron chi connectivity index (χ4n) is 2.25. The van der Waals surface area contributed by atoms with Gasteiger partial charge in [0.15, 0.2) is 11.5 Å². The van der Waals surface area contributed by atoms with Crippen LogP contribution in [-0.2, 0) is 9.47 Å². The van der Waals surface area contributed by atoms with E-state index in [2.05, 4.69) is 10.1 Å². The zero-order valence-corrected chi connectivity index (χ0v) is 13.9. The molecule has 0 atom stereocenters. The molecule has 0 aromatic heterocycles. The zero-order valence-electron chi connectivity index (χ0n) is 13.9. The predicted molar refractivity (Wildman–Crippen MR) is 85.6 cm³/mol. The Morgan fingerprint density at radius 1 is 1.12 bits per heavy atom. The molecule has 0 spiro atoms. The van der Waals surface area contributed by atoms with E-state index < -0.39 is 5.97 Å². The summed E-state index contributed by atoms with van der Waals surface area (Å²) in [4.78, 5) is 25.1. The Balaban J connectivity index is 1.84. The van der Waals surface area contributed by atoms with E-state index in [-0.39, 0.29) is 19.3 Å². The normalized spacial score (nSPS) is 14.0. The molecule has 1 heterocycles. The lowest BCUT2D eigenvalue weighted by Crippen LogP contribution is -2.46. The molecule has 0 aliphatic carbocycles. The van der Waals surface area contributed by atoms with E-state index >= 15 is 0 Å². The van der Waals surface area contributed by atoms with Crippen molar-refractivity contribution in [2.75, 3.05) is 53.6 Å². The molecule has 1 aromatic rings. The highest BCUT2D eigenvalue weighted by atomic mass is 16.6. The smallest absolute Gasteiger partial charge is 0.409 e. The molecule has 0 unspecified atom stereocenters. The van der Waals surface area contributed by atoms with Crippen molar-refractivity contribution in [3.8, 4) is 11.5 Å². The average molecular weight is 338 g/mol. The summed E-state index contributed by atoms with van der Waals surface area (Å²) >= 11 is 0. The Bertz CT molecular complexity index is 572. The molecule has 0 saturated carbocycles. The van der Waals surface area contributed by atoms with Gasteiger partial charge in [0, 0.05) is 26.2 Å². The van der Waals surface area contributed by atoms with Crippen molar-refractivity contribution in [2.45, 2.75) is 0 Å². The monoisotopic (exact) mass is 338 g/mol. The molecule has 132 valence electrons. The average Bonchev–Trinajstić information content (AvgIpc) is 2.64. The third kappa shape index (κ3) is 4.76. The molecule has 2 rings (SSSR count). The standard InChI is InChI=1S/C16H22N2O6/c1-21-13-4-3-12(15(19)22-2)11-14(13)23-9-10-24-16(20)18-7-5-17-6-8-18/h3-4,11,17H,5-10H2,1-2H3. The van der Waals surface area contributed by atoms with Crippen LogP contribution in [0, 0.1) is 0 Å². The summed E-state index contributed by atoms with van der Waals surface area (Å²) < 4.78 is 20.6. The van der Waals surface area contributed by atoms with Crippen LogP contribution in [0.4, 0.5) is 4.79 Å². The van der Waals surface area contributed by atoms with Gasteiger partial charge in [-0.15, -0.1) is 0 Å². The first kappa shape index (κ1) is 17.9. The topological polar surface area (TPSA) is 86.3 Å². The number of nitrogens with one attached hydrogen (secondary N) is 1. The number of carbonyl (C=O) groups excluding carboxylic acids is 2. The molecule has 8 heteroatoms. The molecule has 0 bridgehead atoms. The fourth-order valence-corrected chi connectivity index (χ4v) is 2.25. The summed E-state index contributed by atoms with van der Waals surface area (Å²) in [5.41, 5.74) is 0.353. The SMILES string of the molecule is COC(=O)c1ccc(OC)c(OCCOC(=O)N2CCNCC2)c1. The largest absolute Gasteiger partial charge is 0.493 e. The first-order valence-electron chi connectivity index (χ1n) is 7.67. The summed E-state index contributed by atoms with van der Waals surface area (Å²) in [5.74, 6) is 0.405. The van der Waals surface area contributed by atoms with E-state index in [1.807, 2.05) is 0 Å². The summed E-state index contributed by atoms with van der Waals surface area (Å²) in [7, 11) is 2.81. The van der Waals surface area contributed by atoms with E-state index in [1.165, 1.54) is 20.3 Å². The van der Waals surface area contributed by atoms with Gasteiger partial charge in [0.1, 0.15) is 13.2 Å². The minimum atomic E-state index is -0.465. The van der Waals surface area contributed by atoms with Crippen LogP contribution in [0.1, 0.15) is 10.4 Å². The van der Waals surface area contributed by atoms with Gasteiger partial charge in [-0.25, -0.2) is 9.59 Å². The van der Waals surface area contributed by atoms with E-state index in [4.69, 9.17) is 14.2 Å². The molecule has 1 N–H and O–H groups in total. The molecule has 1 amide bonds. The van der Waals surface area contributed by atoms with E-state index in [0.29, 0.717) is 30.2 Å². The van der Waals surface area contributed by atoms with Crippen LogP contribution < -0.4 is 14.8 Å². The minimum absolute atomic E-state index is 0.106. The van der Waals surface area contributed by atoms with Crippen molar-refractivity contribution in [2.24, 2.45) is 0 Å². The van der Waals surface area contributed by atoms with Gasteiger partial charge in [0.2, 0.25) is 0 Å².